The number of methoxy groups -OCH3 is 1. The first-order chi connectivity index (χ1) is 9.26. The molecule has 0 fully saturated rings. The van der Waals surface area contributed by atoms with Crippen LogP contribution in [0.3, 0.4) is 0 Å². The Morgan fingerprint density at radius 2 is 1.84 bits per heavy atom. The third-order valence-electron chi connectivity index (χ3n) is 2.73. The third-order valence-corrected chi connectivity index (χ3v) is 4.03. The van der Waals surface area contributed by atoms with E-state index in [2.05, 4.69) is 22.1 Å². The maximum atomic E-state index is 5.16. The summed E-state index contributed by atoms with van der Waals surface area (Å²) in [5.41, 5.74) is 2.40. The highest BCUT2D eigenvalue weighted by Gasteiger charge is 2.07. The molecule has 0 radical (unpaired) electrons. The minimum Gasteiger partial charge on any atom is -0.497 e. The van der Waals surface area contributed by atoms with E-state index in [1.54, 1.807) is 30.6 Å². The van der Waals surface area contributed by atoms with Crippen molar-refractivity contribution in [3.8, 4) is 5.75 Å². The minimum absolute atomic E-state index is 0.822. The molecule has 3 nitrogen and oxygen atoms in total. The van der Waals surface area contributed by atoms with E-state index in [1.165, 1.54) is 5.56 Å². The molecule has 0 unspecified atom stereocenters. The van der Waals surface area contributed by atoms with Gasteiger partial charge in [-0.15, -0.1) is 11.8 Å². The number of thioether (sulfide) groups is 2. The van der Waals surface area contributed by atoms with Crippen molar-refractivity contribution in [1.29, 1.82) is 0 Å². The number of ether oxygens (including phenoxy) is 1. The molecule has 19 heavy (non-hydrogen) atoms. The normalized spacial score (nSPS) is 10.5. The lowest BCUT2D eigenvalue weighted by molar-refractivity contribution is 0.414. The van der Waals surface area contributed by atoms with Crippen molar-refractivity contribution in [2.24, 2.45) is 0 Å². The Balaban J connectivity index is 2.21. The summed E-state index contributed by atoms with van der Waals surface area (Å²) in [5.74, 6) is 0.878. The average molecular weight is 292 g/mol. The highest BCUT2D eigenvalue weighted by molar-refractivity contribution is 7.99. The predicted octanol–water partition coefficient (Wildman–Crippen LogP) is 3.52. The first-order valence-electron chi connectivity index (χ1n) is 5.83. The molecule has 0 aliphatic carbocycles. The summed E-state index contributed by atoms with van der Waals surface area (Å²) in [5, 5.41) is 1.87. The van der Waals surface area contributed by atoms with E-state index in [-0.39, 0.29) is 0 Å². The lowest BCUT2D eigenvalue weighted by Crippen LogP contribution is -1.97. The van der Waals surface area contributed by atoms with Crippen LogP contribution in [0, 0.1) is 0 Å². The fourth-order valence-corrected chi connectivity index (χ4v) is 2.70. The summed E-state index contributed by atoms with van der Waals surface area (Å²) >= 11 is 3.23. The Bertz CT molecular complexity index is 544. The highest BCUT2D eigenvalue weighted by atomic mass is 32.2. The van der Waals surface area contributed by atoms with E-state index in [9.17, 15) is 0 Å². The van der Waals surface area contributed by atoms with Gasteiger partial charge in [-0.3, -0.25) is 0 Å². The molecule has 1 aromatic heterocycles. The van der Waals surface area contributed by atoms with Gasteiger partial charge in [-0.1, -0.05) is 23.9 Å². The second-order valence-electron chi connectivity index (χ2n) is 3.92. The van der Waals surface area contributed by atoms with Gasteiger partial charge in [0.1, 0.15) is 10.8 Å². The monoisotopic (exact) mass is 292 g/mol. The van der Waals surface area contributed by atoms with Gasteiger partial charge >= 0.3 is 0 Å². The number of rotatable bonds is 5. The van der Waals surface area contributed by atoms with Crippen molar-refractivity contribution < 1.29 is 4.74 Å². The van der Waals surface area contributed by atoms with Crippen LogP contribution in [0.2, 0.25) is 0 Å². The van der Waals surface area contributed by atoms with E-state index in [0.29, 0.717) is 0 Å². The number of benzene rings is 1. The van der Waals surface area contributed by atoms with Crippen molar-refractivity contribution >= 4 is 23.5 Å². The summed E-state index contributed by atoms with van der Waals surface area (Å²) in [7, 11) is 1.68. The van der Waals surface area contributed by atoms with Crippen molar-refractivity contribution in [1.82, 2.24) is 9.97 Å². The summed E-state index contributed by atoms with van der Waals surface area (Å²) in [6.45, 7) is 0. The smallest absolute Gasteiger partial charge is 0.188 e. The lowest BCUT2D eigenvalue weighted by atomic mass is 10.1. The molecular weight excluding hydrogens is 276 g/mol. The van der Waals surface area contributed by atoms with Crippen molar-refractivity contribution in [3.05, 3.63) is 41.6 Å². The van der Waals surface area contributed by atoms with Gasteiger partial charge in [0.2, 0.25) is 0 Å². The molecule has 2 aromatic rings. The van der Waals surface area contributed by atoms with Gasteiger partial charge in [0.05, 0.1) is 7.11 Å². The Labute approximate surface area is 122 Å². The molecule has 0 aliphatic heterocycles. The van der Waals surface area contributed by atoms with Crippen molar-refractivity contribution in [2.45, 2.75) is 16.6 Å². The van der Waals surface area contributed by atoms with Crippen LogP contribution in [0.15, 0.2) is 40.6 Å². The zero-order chi connectivity index (χ0) is 13.7. The van der Waals surface area contributed by atoms with E-state index < -0.39 is 0 Å². The minimum atomic E-state index is 0.822. The first-order valence-corrected chi connectivity index (χ1v) is 8.28. The third kappa shape index (κ3) is 3.64. The summed E-state index contributed by atoms with van der Waals surface area (Å²) in [6.07, 6.45) is 6.80. The van der Waals surface area contributed by atoms with Crippen LogP contribution in [0.25, 0.3) is 0 Å². The van der Waals surface area contributed by atoms with Gasteiger partial charge < -0.3 is 4.74 Å². The number of aromatic nitrogens is 2. The van der Waals surface area contributed by atoms with Crippen LogP contribution in [-0.4, -0.2) is 29.6 Å². The second-order valence-corrected chi connectivity index (χ2v) is 5.48. The molecule has 100 valence electrons. The number of hydrogen-bond donors (Lipinski definition) is 0. The topological polar surface area (TPSA) is 35.0 Å². The van der Waals surface area contributed by atoms with Crippen LogP contribution in [0.4, 0.5) is 0 Å². The molecule has 2 rings (SSSR count). The lowest BCUT2D eigenvalue weighted by Gasteiger charge is -2.08. The quantitative estimate of drug-likeness (QED) is 0.478. The molecule has 0 atom stereocenters. The average Bonchev–Trinajstić information content (AvgIpc) is 2.48. The molecule has 0 spiro atoms. The summed E-state index contributed by atoms with van der Waals surface area (Å²) in [6, 6.07) is 8.10. The molecule has 5 heteroatoms. The van der Waals surface area contributed by atoms with Crippen molar-refractivity contribution in [2.75, 3.05) is 19.6 Å². The molecule has 0 saturated heterocycles. The summed E-state index contributed by atoms with van der Waals surface area (Å²) in [4.78, 5) is 8.88. The van der Waals surface area contributed by atoms with E-state index in [4.69, 9.17) is 4.74 Å². The fraction of sp³-hybridized carbons (Fsp3) is 0.286. The standard InChI is InChI=1S/C14H16N2OS2/c1-17-12-6-4-10(5-7-12)8-11-9-15-14(19-3)16-13(11)18-2/h4-7,9H,8H2,1-3H3. The van der Waals surface area contributed by atoms with Gasteiger partial charge in [0, 0.05) is 18.2 Å². The molecule has 0 bridgehead atoms. The molecular formula is C14H16N2OS2. The van der Waals surface area contributed by atoms with Gasteiger partial charge in [-0.2, -0.15) is 0 Å². The van der Waals surface area contributed by atoms with Crippen LogP contribution >= 0.6 is 23.5 Å². The van der Waals surface area contributed by atoms with Crippen molar-refractivity contribution in [3.63, 3.8) is 0 Å². The van der Waals surface area contributed by atoms with Crippen LogP contribution < -0.4 is 4.74 Å². The maximum Gasteiger partial charge on any atom is 0.188 e. The Kier molecular flexibility index (Phi) is 5.10. The van der Waals surface area contributed by atoms with Crippen LogP contribution in [-0.2, 0) is 6.42 Å². The molecule has 0 amide bonds. The van der Waals surface area contributed by atoms with Crippen LogP contribution in [0.5, 0.6) is 5.75 Å². The predicted molar refractivity (Wildman–Crippen MR) is 81.4 cm³/mol. The maximum absolute atomic E-state index is 5.16. The zero-order valence-corrected chi connectivity index (χ0v) is 12.8. The van der Waals surface area contributed by atoms with Crippen LogP contribution in [0.1, 0.15) is 11.1 Å². The number of hydrogen-bond acceptors (Lipinski definition) is 5. The van der Waals surface area contributed by atoms with E-state index >= 15 is 0 Å². The highest BCUT2D eigenvalue weighted by Crippen LogP contribution is 2.23. The van der Waals surface area contributed by atoms with E-state index in [0.717, 1.165) is 27.9 Å². The first kappa shape index (κ1) is 14.2. The van der Waals surface area contributed by atoms with Gasteiger partial charge in [-0.25, -0.2) is 9.97 Å². The Morgan fingerprint density at radius 1 is 1.11 bits per heavy atom. The second kappa shape index (κ2) is 6.82. The summed E-state index contributed by atoms with van der Waals surface area (Å²) < 4.78 is 5.16. The molecule has 1 aromatic carbocycles. The largest absolute Gasteiger partial charge is 0.497 e. The number of nitrogens with zero attached hydrogens (tertiary/aromatic N) is 2. The molecule has 0 aliphatic rings. The van der Waals surface area contributed by atoms with Gasteiger partial charge in [0.25, 0.3) is 0 Å². The Hall–Kier alpha value is -1.20. The van der Waals surface area contributed by atoms with Gasteiger partial charge in [-0.05, 0) is 30.2 Å². The SMILES string of the molecule is COc1ccc(Cc2cnc(SC)nc2SC)cc1. The van der Waals surface area contributed by atoms with Gasteiger partial charge in [0.15, 0.2) is 5.16 Å². The zero-order valence-electron chi connectivity index (χ0n) is 11.2. The molecule has 0 saturated carbocycles. The van der Waals surface area contributed by atoms with E-state index in [1.807, 2.05) is 30.8 Å². The molecule has 1 heterocycles. The fourth-order valence-electron chi connectivity index (χ4n) is 1.74. The molecule has 0 N–H and O–H groups in total. The Morgan fingerprint density at radius 3 is 2.42 bits per heavy atom.